The van der Waals surface area contributed by atoms with Crippen LogP contribution >= 0.6 is 0 Å². The number of nitro groups is 1. The molecule has 8 nitrogen and oxygen atoms in total. The first-order chi connectivity index (χ1) is 13.8. The first-order valence-corrected chi connectivity index (χ1v) is 9.23. The Balaban J connectivity index is 1.87. The quantitative estimate of drug-likeness (QED) is 0.426. The van der Waals surface area contributed by atoms with Gasteiger partial charge >= 0.3 is 11.9 Å². The number of esters is 2. The summed E-state index contributed by atoms with van der Waals surface area (Å²) in [6.45, 7) is 5.37. The first kappa shape index (κ1) is 20.3. The van der Waals surface area contributed by atoms with Crippen molar-refractivity contribution in [3.63, 3.8) is 0 Å². The van der Waals surface area contributed by atoms with E-state index in [0.717, 1.165) is 5.70 Å². The molecule has 8 heteroatoms. The fourth-order valence-electron chi connectivity index (χ4n) is 3.69. The Hall–Kier alpha value is -3.42. The van der Waals surface area contributed by atoms with E-state index in [4.69, 9.17) is 9.47 Å². The van der Waals surface area contributed by atoms with Crippen LogP contribution < -0.4 is 0 Å². The lowest BCUT2D eigenvalue weighted by Crippen LogP contribution is -2.30. The third kappa shape index (κ3) is 3.65. The fraction of sp³-hybridized carbons (Fsp3) is 0.333. The average Bonchev–Trinajstić information content (AvgIpc) is 2.92. The highest BCUT2D eigenvalue weighted by molar-refractivity contribution is 5.93. The highest BCUT2D eigenvalue weighted by atomic mass is 16.6. The molecule has 0 radical (unpaired) electrons. The van der Waals surface area contributed by atoms with E-state index in [-0.39, 0.29) is 41.1 Å². The molecule has 152 valence electrons. The molecule has 1 aliphatic heterocycles. The summed E-state index contributed by atoms with van der Waals surface area (Å²) in [5, 5.41) is 11.1. The van der Waals surface area contributed by atoms with Crippen LogP contribution in [0.25, 0.3) is 0 Å². The SMILES string of the molecule is CCOC(=O)C1=C(C)N(C)[C@H]2C=CC(OC(=O)c3cccc([N+](=O)[O-])c3C)=C[C@H]12. The number of fused-ring (bicyclic) bond motifs is 1. The zero-order valence-corrected chi connectivity index (χ0v) is 16.7. The molecule has 0 bridgehead atoms. The van der Waals surface area contributed by atoms with Gasteiger partial charge in [-0.15, -0.1) is 0 Å². The molecule has 2 atom stereocenters. The minimum absolute atomic E-state index is 0.0728. The van der Waals surface area contributed by atoms with E-state index in [1.54, 1.807) is 19.1 Å². The number of nitrogens with zero attached hydrogens (tertiary/aromatic N) is 2. The highest BCUT2D eigenvalue weighted by Gasteiger charge is 2.40. The Morgan fingerprint density at radius 1 is 1.24 bits per heavy atom. The number of hydrogen-bond donors (Lipinski definition) is 0. The summed E-state index contributed by atoms with van der Waals surface area (Å²) in [6, 6.07) is 4.19. The summed E-state index contributed by atoms with van der Waals surface area (Å²) in [5.74, 6) is -1.11. The van der Waals surface area contributed by atoms with Gasteiger partial charge in [0.05, 0.1) is 28.7 Å². The van der Waals surface area contributed by atoms with Crippen molar-refractivity contribution in [2.75, 3.05) is 13.7 Å². The monoisotopic (exact) mass is 398 g/mol. The molecule has 1 aliphatic carbocycles. The molecule has 29 heavy (non-hydrogen) atoms. The molecule has 0 aromatic heterocycles. The summed E-state index contributed by atoms with van der Waals surface area (Å²) in [6.07, 6.45) is 5.25. The van der Waals surface area contributed by atoms with Gasteiger partial charge < -0.3 is 14.4 Å². The maximum absolute atomic E-state index is 12.6. The van der Waals surface area contributed by atoms with Gasteiger partial charge in [0.15, 0.2) is 0 Å². The molecule has 2 aliphatic rings. The molecule has 3 rings (SSSR count). The van der Waals surface area contributed by atoms with Crippen molar-refractivity contribution in [2.24, 2.45) is 5.92 Å². The van der Waals surface area contributed by atoms with Crippen LogP contribution in [0.5, 0.6) is 0 Å². The van der Waals surface area contributed by atoms with E-state index in [1.165, 1.54) is 25.1 Å². The van der Waals surface area contributed by atoms with E-state index < -0.39 is 16.9 Å². The second-order valence-electron chi connectivity index (χ2n) is 6.87. The molecule has 1 heterocycles. The van der Waals surface area contributed by atoms with Crippen LogP contribution in [0.1, 0.15) is 29.8 Å². The molecule has 0 amide bonds. The second kappa shape index (κ2) is 7.90. The molecule has 0 unspecified atom stereocenters. The van der Waals surface area contributed by atoms with Gasteiger partial charge in [0, 0.05) is 30.3 Å². The third-order valence-corrected chi connectivity index (χ3v) is 5.30. The minimum atomic E-state index is -0.690. The molecule has 1 aromatic carbocycles. The van der Waals surface area contributed by atoms with Crippen LogP contribution in [-0.2, 0) is 14.3 Å². The number of benzene rings is 1. The van der Waals surface area contributed by atoms with Gasteiger partial charge in [0.1, 0.15) is 5.76 Å². The Morgan fingerprint density at radius 3 is 2.62 bits per heavy atom. The van der Waals surface area contributed by atoms with E-state index >= 15 is 0 Å². The van der Waals surface area contributed by atoms with Crippen LogP contribution in [0.3, 0.4) is 0 Å². The van der Waals surface area contributed by atoms with Crippen molar-refractivity contribution in [2.45, 2.75) is 26.8 Å². The lowest BCUT2D eigenvalue weighted by Gasteiger charge is -2.26. The summed E-state index contributed by atoms with van der Waals surface area (Å²) < 4.78 is 10.7. The number of allylic oxidation sites excluding steroid dienone is 2. The van der Waals surface area contributed by atoms with Gasteiger partial charge in [-0.05, 0) is 39.0 Å². The van der Waals surface area contributed by atoms with Gasteiger partial charge in [-0.3, -0.25) is 10.1 Å². The van der Waals surface area contributed by atoms with Crippen LogP contribution in [0.4, 0.5) is 5.69 Å². The second-order valence-corrected chi connectivity index (χ2v) is 6.87. The number of hydrogen-bond acceptors (Lipinski definition) is 7. The molecule has 0 fully saturated rings. The Kier molecular flexibility index (Phi) is 5.54. The van der Waals surface area contributed by atoms with Crippen LogP contribution in [0.15, 0.2) is 53.5 Å². The Bertz CT molecular complexity index is 975. The highest BCUT2D eigenvalue weighted by Crippen LogP contribution is 2.38. The minimum Gasteiger partial charge on any atom is -0.463 e. The number of nitro benzene ring substituents is 1. The molecule has 1 aromatic rings. The molecule has 0 spiro atoms. The van der Waals surface area contributed by atoms with Gasteiger partial charge in [-0.25, -0.2) is 9.59 Å². The lowest BCUT2D eigenvalue weighted by atomic mass is 9.90. The molecular weight excluding hydrogens is 376 g/mol. The van der Waals surface area contributed by atoms with E-state index in [0.29, 0.717) is 5.57 Å². The number of carbonyl (C=O) groups is 2. The molecule has 0 saturated heterocycles. The standard InChI is InChI=1S/C21H22N2O6/c1-5-28-21(25)19-13(3)22(4)18-10-9-14(11-16(18)19)29-20(24)15-7-6-8-17(12(15)2)23(26)27/h6-11,16,18H,5H2,1-4H3/t16-,18-/m0/s1. The van der Waals surface area contributed by atoms with Crippen LogP contribution in [0.2, 0.25) is 0 Å². The fourth-order valence-corrected chi connectivity index (χ4v) is 3.69. The normalized spacial score (nSPS) is 20.3. The predicted molar refractivity (Wildman–Crippen MR) is 105 cm³/mol. The van der Waals surface area contributed by atoms with Crippen molar-refractivity contribution in [1.29, 1.82) is 0 Å². The van der Waals surface area contributed by atoms with E-state index in [9.17, 15) is 19.7 Å². The van der Waals surface area contributed by atoms with E-state index in [2.05, 4.69) is 0 Å². The van der Waals surface area contributed by atoms with Crippen molar-refractivity contribution >= 4 is 17.6 Å². The maximum atomic E-state index is 12.6. The topological polar surface area (TPSA) is 99.0 Å². The zero-order chi connectivity index (χ0) is 21.3. The number of rotatable bonds is 5. The van der Waals surface area contributed by atoms with Gasteiger partial charge in [-0.1, -0.05) is 12.1 Å². The Morgan fingerprint density at radius 2 is 1.97 bits per heavy atom. The Labute approximate surface area is 168 Å². The van der Waals surface area contributed by atoms with Gasteiger partial charge in [0.25, 0.3) is 5.69 Å². The zero-order valence-electron chi connectivity index (χ0n) is 16.7. The predicted octanol–water partition coefficient (Wildman–Crippen LogP) is 3.28. The largest absolute Gasteiger partial charge is 0.463 e. The summed E-state index contributed by atoms with van der Waals surface area (Å²) in [5.41, 5.74) is 1.55. The summed E-state index contributed by atoms with van der Waals surface area (Å²) in [7, 11) is 1.89. The van der Waals surface area contributed by atoms with Gasteiger partial charge in [0.2, 0.25) is 0 Å². The van der Waals surface area contributed by atoms with Crippen molar-refractivity contribution in [3.05, 3.63) is 74.7 Å². The van der Waals surface area contributed by atoms with E-state index in [1.807, 2.05) is 24.9 Å². The molecule has 0 saturated carbocycles. The maximum Gasteiger partial charge on any atom is 0.344 e. The number of ether oxygens (including phenoxy) is 2. The number of carbonyl (C=O) groups excluding carboxylic acids is 2. The average molecular weight is 398 g/mol. The summed E-state index contributed by atoms with van der Waals surface area (Å²) in [4.78, 5) is 37.6. The lowest BCUT2D eigenvalue weighted by molar-refractivity contribution is -0.385. The van der Waals surface area contributed by atoms with Crippen molar-refractivity contribution in [3.8, 4) is 0 Å². The number of likely N-dealkylation sites (N-methyl/N-ethyl adjacent to an activating group) is 1. The smallest absolute Gasteiger partial charge is 0.344 e. The van der Waals surface area contributed by atoms with Crippen LogP contribution in [0, 0.1) is 23.0 Å². The molecular formula is C21H22N2O6. The third-order valence-electron chi connectivity index (χ3n) is 5.30. The van der Waals surface area contributed by atoms with Crippen molar-refractivity contribution < 1.29 is 24.0 Å². The molecule has 0 N–H and O–H groups in total. The van der Waals surface area contributed by atoms with Crippen LogP contribution in [-0.4, -0.2) is 41.5 Å². The first-order valence-electron chi connectivity index (χ1n) is 9.23. The van der Waals surface area contributed by atoms with Crippen molar-refractivity contribution in [1.82, 2.24) is 4.90 Å². The van der Waals surface area contributed by atoms with Gasteiger partial charge in [-0.2, -0.15) is 0 Å². The summed E-state index contributed by atoms with van der Waals surface area (Å²) >= 11 is 0.